The van der Waals surface area contributed by atoms with E-state index in [1.54, 1.807) is 11.9 Å². The van der Waals surface area contributed by atoms with Gasteiger partial charge in [-0.15, -0.1) is 0 Å². The first kappa shape index (κ1) is 9.44. The molecule has 1 aliphatic carbocycles. The molecule has 0 aromatic rings. The van der Waals surface area contributed by atoms with E-state index in [2.05, 4.69) is 0 Å². The van der Waals surface area contributed by atoms with Gasteiger partial charge in [-0.3, -0.25) is 9.59 Å². The lowest BCUT2D eigenvalue weighted by Crippen LogP contribution is -2.46. The lowest BCUT2D eigenvalue weighted by molar-refractivity contribution is -0.137. The van der Waals surface area contributed by atoms with Gasteiger partial charge >= 0.3 is 0 Å². The van der Waals surface area contributed by atoms with Crippen LogP contribution in [0.5, 0.6) is 0 Å². The van der Waals surface area contributed by atoms with Crippen LogP contribution >= 0.6 is 0 Å². The third-order valence-electron chi connectivity index (χ3n) is 3.46. The number of ketones is 1. The zero-order chi connectivity index (χ0) is 10.3. The summed E-state index contributed by atoms with van der Waals surface area (Å²) in [5.74, 6) is 0.415. The SMILES string of the molecule is CN1C(=O)CCC2(C)C(=O)CCC=C12. The number of likely N-dealkylation sites (tertiary alicyclic amines) is 1. The summed E-state index contributed by atoms with van der Waals surface area (Å²) in [7, 11) is 1.77. The predicted molar refractivity (Wildman–Crippen MR) is 52.4 cm³/mol. The molecule has 3 heteroatoms. The van der Waals surface area contributed by atoms with E-state index in [-0.39, 0.29) is 17.1 Å². The van der Waals surface area contributed by atoms with Crippen molar-refractivity contribution in [1.82, 2.24) is 4.90 Å². The molecule has 0 radical (unpaired) electrons. The van der Waals surface area contributed by atoms with Crippen LogP contribution in [0, 0.1) is 5.41 Å². The highest BCUT2D eigenvalue weighted by molar-refractivity contribution is 5.92. The standard InChI is InChI=1S/C11H15NO2/c1-11-7-6-10(14)12(2)8(11)4-3-5-9(11)13/h4H,3,5-7H2,1-2H3. The summed E-state index contributed by atoms with van der Waals surface area (Å²) in [6, 6.07) is 0. The largest absolute Gasteiger partial charge is 0.319 e. The second kappa shape index (κ2) is 2.94. The van der Waals surface area contributed by atoms with Crippen molar-refractivity contribution < 1.29 is 9.59 Å². The van der Waals surface area contributed by atoms with Crippen LogP contribution in [0.4, 0.5) is 0 Å². The van der Waals surface area contributed by atoms with Crippen molar-refractivity contribution in [2.24, 2.45) is 5.41 Å². The van der Waals surface area contributed by atoms with Crippen molar-refractivity contribution in [3.63, 3.8) is 0 Å². The van der Waals surface area contributed by atoms with Gasteiger partial charge in [-0.1, -0.05) is 6.08 Å². The summed E-state index contributed by atoms with van der Waals surface area (Å²) in [6.45, 7) is 1.96. The Morgan fingerprint density at radius 1 is 1.36 bits per heavy atom. The number of Topliss-reactive ketones (excluding diaryl/α,β-unsaturated/α-hetero) is 1. The van der Waals surface area contributed by atoms with Gasteiger partial charge in [0.15, 0.2) is 0 Å². The highest BCUT2D eigenvalue weighted by Crippen LogP contribution is 2.43. The number of nitrogens with zero attached hydrogens (tertiary/aromatic N) is 1. The van der Waals surface area contributed by atoms with Gasteiger partial charge in [-0.2, -0.15) is 0 Å². The molecule has 1 atom stereocenters. The fraction of sp³-hybridized carbons (Fsp3) is 0.636. The molecule has 14 heavy (non-hydrogen) atoms. The molecule has 0 aromatic heterocycles. The number of hydrogen-bond donors (Lipinski definition) is 0. The van der Waals surface area contributed by atoms with Crippen molar-refractivity contribution in [3.8, 4) is 0 Å². The van der Waals surface area contributed by atoms with Crippen LogP contribution in [0.2, 0.25) is 0 Å². The van der Waals surface area contributed by atoms with Crippen LogP contribution in [0.3, 0.4) is 0 Å². The Bertz CT molecular complexity index is 332. The fourth-order valence-electron chi connectivity index (χ4n) is 2.42. The quantitative estimate of drug-likeness (QED) is 0.584. The molecule has 1 heterocycles. The molecule has 1 amide bonds. The monoisotopic (exact) mass is 193 g/mol. The van der Waals surface area contributed by atoms with Gasteiger partial charge < -0.3 is 4.90 Å². The van der Waals surface area contributed by atoms with Crippen molar-refractivity contribution in [3.05, 3.63) is 11.8 Å². The highest BCUT2D eigenvalue weighted by atomic mass is 16.2. The second-order valence-electron chi connectivity index (χ2n) is 4.34. The fourth-order valence-corrected chi connectivity index (χ4v) is 2.42. The van der Waals surface area contributed by atoms with E-state index >= 15 is 0 Å². The summed E-state index contributed by atoms with van der Waals surface area (Å²) >= 11 is 0. The van der Waals surface area contributed by atoms with E-state index in [9.17, 15) is 9.59 Å². The minimum atomic E-state index is -0.388. The lowest BCUT2D eigenvalue weighted by Gasteiger charge is -2.42. The van der Waals surface area contributed by atoms with E-state index in [0.29, 0.717) is 19.3 Å². The number of amides is 1. The minimum Gasteiger partial charge on any atom is -0.319 e. The van der Waals surface area contributed by atoms with Crippen molar-refractivity contribution in [2.45, 2.75) is 32.6 Å². The third kappa shape index (κ3) is 1.11. The smallest absolute Gasteiger partial charge is 0.226 e. The van der Waals surface area contributed by atoms with E-state index < -0.39 is 0 Å². The summed E-state index contributed by atoms with van der Waals surface area (Å²) < 4.78 is 0. The molecule has 0 spiro atoms. The molecule has 0 bridgehead atoms. The second-order valence-corrected chi connectivity index (χ2v) is 4.34. The van der Waals surface area contributed by atoms with Gasteiger partial charge in [-0.05, 0) is 19.8 Å². The van der Waals surface area contributed by atoms with E-state index in [4.69, 9.17) is 0 Å². The molecular formula is C11H15NO2. The summed E-state index contributed by atoms with van der Waals surface area (Å²) in [6.07, 6.45) is 4.62. The normalized spacial score (nSPS) is 32.7. The summed E-state index contributed by atoms with van der Waals surface area (Å²) in [5.41, 5.74) is 0.533. The molecule has 1 aliphatic heterocycles. The zero-order valence-electron chi connectivity index (χ0n) is 8.67. The number of hydrogen-bond acceptors (Lipinski definition) is 2. The molecule has 0 N–H and O–H groups in total. The number of piperidine rings is 1. The van der Waals surface area contributed by atoms with Crippen LogP contribution in [0.1, 0.15) is 32.6 Å². The average molecular weight is 193 g/mol. The van der Waals surface area contributed by atoms with Crippen molar-refractivity contribution >= 4 is 11.7 Å². The van der Waals surface area contributed by atoms with Crippen LogP contribution in [-0.4, -0.2) is 23.6 Å². The molecule has 1 unspecified atom stereocenters. The molecule has 0 aromatic carbocycles. The Morgan fingerprint density at radius 3 is 2.79 bits per heavy atom. The van der Waals surface area contributed by atoms with Crippen LogP contribution < -0.4 is 0 Å². The highest BCUT2D eigenvalue weighted by Gasteiger charge is 2.44. The molecule has 1 saturated heterocycles. The maximum atomic E-state index is 11.8. The van der Waals surface area contributed by atoms with Crippen LogP contribution in [0.25, 0.3) is 0 Å². The van der Waals surface area contributed by atoms with E-state index in [0.717, 1.165) is 12.1 Å². The molecule has 0 saturated carbocycles. The Kier molecular flexibility index (Phi) is 1.98. The van der Waals surface area contributed by atoms with E-state index in [1.807, 2.05) is 13.0 Å². The summed E-state index contributed by atoms with van der Waals surface area (Å²) in [4.78, 5) is 24.9. The van der Waals surface area contributed by atoms with Crippen LogP contribution in [0.15, 0.2) is 11.8 Å². The minimum absolute atomic E-state index is 0.128. The molecule has 2 rings (SSSR count). The first-order valence-corrected chi connectivity index (χ1v) is 5.06. The predicted octanol–water partition coefficient (Wildman–Crippen LogP) is 1.49. The van der Waals surface area contributed by atoms with Gasteiger partial charge in [-0.25, -0.2) is 0 Å². The maximum Gasteiger partial charge on any atom is 0.226 e. The zero-order valence-corrected chi connectivity index (χ0v) is 8.67. The van der Waals surface area contributed by atoms with Crippen molar-refractivity contribution in [2.75, 3.05) is 7.05 Å². The third-order valence-corrected chi connectivity index (χ3v) is 3.46. The first-order chi connectivity index (χ1) is 6.55. The number of allylic oxidation sites excluding steroid dienone is 2. The summed E-state index contributed by atoms with van der Waals surface area (Å²) in [5, 5.41) is 0. The maximum absolute atomic E-state index is 11.8. The van der Waals surface area contributed by atoms with Gasteiger partial charge in [0.05, 0.1) is 5.41 Å². The van der Waals surface area contributed by atoms with Gasteiger partial charge in [0.25, 0.3) is 0 Å². The Hall–Kier alpha value is -1.12. The molecular weight excluding hydrogens is 178 g/mol. The number of fused-ring (bicyclic) bond motifs is 1. The van der Waals surface area contributed by atoms with Crippen molar-refractivity contribution in [1.29, 1.82) is 0 Å². The Labute approximate surface area is 83.8 Å². The Morgan fingerprint density at radius 2 is 2.07 bits per heavy atom. The van der Waals surface area contributed by atoms with Crippen LogP contribution in [-0.2, 0) is 9.59 Å². The number of rotatable bonds is 0. The number of carbonyl (C=O) groups excluding carboxylic acids is 2. The van der Waals surface area contributed by atoms with Gasteiger partial charge in [0.1, 0.15) is 5.78 Å². The topological polar surface area (TPSA) is 37.4 Å². The molecule has 1 fully saturated rings. The molecule has 76 valence electrons. The van der Waals surface area contributed by atoms with Gasteiger partial charge in [0.2, 0.25) is 5.91 Å². The molecule has 3 nitrogen and oxygen atoms in total. The first-order valence-electron chi connectivity index (χ1n) is 5.06. The number of carbonyl (C=O) groups is 2. The Balaban J connectivity index is 2.42. The lowest BCUT2D eigenvalue weighted by atomic mass is 9.71. The average Bonchev–Trinajstić information content (AvgIpc) is 2.16. The van der Waals surface area contributed by atoms with E-state index in [1.165, 1.54) is 0 Å². The molecule has 2 aliphatic rings. The van der Waals surface area contributed by atoms with Gasteiger partial charge in [0, 0.05) is 25.6 Å².